The van der Waals surface area contributed by atoms with E-state index >= 15 is 0 Å². The summed E-state index contributed by atoms with van der Waals surface area (Å²) >= 11 is 0. The fourth-order valence-electron chi connectivity index (χ4n) is 6.12. The van der Waals surface area contributed by atoms with Crippen LogP contribution in [0.2, 0.25) is 0 Å². The second kappa shape index (κ2) is 6.70. The number of carbonyl (C=O) groups excluding carboxylic acids is 1. The van der Waals surface area contributed by atoms with Gasteiger partial charge in [-0.15, -0.1) is 0 Å². The molecule has 2 aromatic carbocycles. The minimum Gasteiger partial charge on any atom is -0.489 e. The third-order valence-corrected chi connectivity index (χ3v) is 6.82. The monoisotopic (exact) mass is 361 g/mol. The van der Waals surface area contributed by atoms with Crippen LogP contribution in [0.1, 0.15) is 54.4 Å². The van der Waals surface area contributed by atoms with Gasteiger partial charge in [0.1, 0.15) is 12.4 Å². The Balaban J connectivity index is 1.32. The van der Waals surface area contributed by atoms with Crippen molar-refractivity contribution >= 4 is 5.91 Å². The van der Waals surface area contributed by atoms with Crippen LogP contribution in [0.15, 0.2) is 54.6 Å². The lowest BCUT2D eigenvalue weighted by atomic mass is 9.53. The van der Waals surface area contributed by atoms with Gasteiger partial charge in [-0.1, -0.05) is 36.4 Å². The van der Waals surface area contributed by atoms with E-state index in [4.69, 9.17) is 4.74 Å². The maximum Gasteiger partial charge on any atom is 0.252 e. The normalized spacial score (nSPS) is 30.9. The molecule has 4 saturated carbocycles. The number of benzene rings is 2. The van der Waals surface area contributed by atoms with Gasteiger partial charge in [-0.25, -0.2) is 0 Å². The molecule has 0 spiro atoms. The number of amides is 1. The van der Waals surface area contributed by atoms with Crippen molar-refractivity contribution in [3.63, 3.8) is 0 Å². The lowest BCUT2D eigenvalue weighted by Crippen LogP contribution is -2.59. The van der Waals surface area contributed by atoms with Crippen LogP contribution in [-0.4, -0.2) is 11.4 Å². The first-order valence-corrected chi connectivity index (χ1v) is 10.3. The summed E-state index contributed by atoms with van der Waals surface area (Å²) in [6.45, 7) is 0.411. The molecule has 140 valence electrons. The van der Waals surface area contributed by atoms with Crippen molar-refractivity contribution in [1.82, 2.24) is 5.32 Å². The number of ether oxygens (including phenoxy) is 1. The van der Waals surface area contributed by atoms with Crippen LogP contribution in [0.5, 0.6) is 5.75 Å². The Hall–Kier alpha value is -2.29. The highest BCUT2D eigenvalue weighted by atomic mass is 16.5. The van der Waals surface area contributed by atoms with Gasteiger partial charge in [0.05, 0.1) is 0 Å². The molecule has 0 aliphatic heterocycles. The first-order valence-electron chi connectivity index (χ1n) is 10.3. The summed E-state index contributed by atoms with van der Waals surface area (Å²) in [6, 6.07) is 17.6. The van der Waals surface area contributed by atoms with Crippen molar-refractivity contribution in [3.8, 4) is 5.75 Å². The van der Waals surface area contributed by atoms with E-state index in [1.54, 1.807) is 0 Å². The molecule has 4 aliphatic rings. The maximum absolute atomic E-state index is 13.2. The standard InChI is InChI=1S/C24H27NO2/c26-23(25-24-13-17-10-18(14-24)12-19(11-17)15-24)22-9-5-4-6-20(22)16-27-21-7-2-1-3-8-21/h1-9,17-19H,10-16H2,(H,25,26). The van der Waals surface area contributed by atoms with Crippen LogP contribution in [-0.2, 0) is 6.61 Å². The zero-order chi connectivity index (χ0) is 18.3. The third kappa shape index (κ3) is 3.36. The number of rotatable bonds is 5. The van der Waals surface area contributed by atoms with Gasteiger partial charge in [0.2, 0.25) is 0 Å². The van der Waals surface area contributed by atoms with Crippen LogP contribution < -0.4 is 10.1 Å². The van der Waals surface area contributed by atoms with E-state index in [0.29, 0.717) is 6.61 Å². The molecule has 6 rings (SSSR count). The maximum atomic E-state index is 13.2. The molecule has 3 heteroatoms. The van der Waals surface area contributed by atoms with Crippen molar-refractivity contribution in [2.75, 3.05) is 0 Å². The van der Waals surface area contributed by atoms with Crippen LogP contribution in [0.3, 0.4) is 0 Å². The molecule has 0 aromatic heterocycles. The second-order valence-electron chi connectivity index (χ2n) is 8.91. The van der Waals surface area contributed by atoms with Gasteiger partial charge in [-0.2, -0.15) is 0 Å². The largest absolute Gasteiger partial charge is 0.489 e. The quantitative estimate of drug-likeness (QED) is 0.817. The number of hydrogen-bond acceptors (Lipinski definition) is 2. The van der Waals surface area contributed by atoms with Crippen molar-refractivity contribution in [1.29, 1.82) is 0 Å². The van der Waals surface area contributed by atoms with Gasteiger partial charge in [-0.3, -0.25) is 4.79 Å². The molecule has 0 heterocycles. The lowest BCUT2D eigenvalue weighted by molar-refractivity contribution is -0.0167. The fourth-order valence-corrected chi connectivity index (χ4v) is 6.12. The van der Waals surface area contributed by atoms with Gasteiger partial charge < -0.3 is 10.1 Å². The molecule has 4 fully saturated rings. The summed E-state index contributed by atoms with van der Waals surface area (Å²) in [4.78, 5) is 13.2. The Bertz CT molecular complexity index is 794. The Morgan fingerprint density at radius 3 is 2.15 bits per heavy atom. The molecule has 1 N–H and O–H groups in total. The zero-order valence-corrected chi connectivity index (χ0v) is 15.7. The minimum atomic E-state index is 0.0409. The van der Waals surface area contributed by atoms with E-state index < -0.39 is 0 Å². The smallest absolute Gasteiger partial charge is 0.252 e. The van der Waals surface area contributed by atoms with Crippen LogP contribution in [0.4, 0.5) is 0 Å². The van der Waals surface area contributed by atoms with Crippen LogP contribution in [0, 0.1) is 17.8 Å². The molecule has 0 unspecified atom stereocenters. The Labute approximate surface area is 161 Å². The van der Waals surface area contributed by atoms with E-state index in [0.717, 1.165) is 34.6 Å². The van der Waals surface area contributed by atoms with Gasteiger partial charge in [0, 0.05) is 16.7 Å². The summed E-state index contributed by atoms with van der Waals surface area (Å²) in [5.74, 6) is 3.38. The molecule has 0 atom stereocenters. The molecule has 0 radical (unpaired) electrons. The summed E-state index contributed by atoms with van der Waals surface area (Å²) in [7, 11) is 0. The predicted octanol–water partition coefficient (Wildman–Crippen LogP) is 4.96. The van der Waals surface area contributed by atoms with Crippen molar-refractivity contribution in [3.05, 3.63) is 65.7 Å². The van der Waals surface area contributed by atoms with E-state index in [1.807, 2.05) is 54.6 Å². The first-order chi connectivity index (χ1) is 13.2. The van der Waals surface area contributed by atoms with Crippen molar-refractivity contribution in [2.24, 2.45) is 17.8 Å². The molecule has 2 aromatic rings. The number of nitrogens with one attached hydrogen (secondary N) is 1. The molecule has 3 nitrogen and oxygen atoms in total. The summed E-state index contributed by atoms with van der Waals surface area (Å²) in [5, 5.41) is 3.48. The van der Waals surface area contributed by atoms with Crippen LogP contribution >= 0.6 is 0 Å². The topological polar surface area (TPSA) is 38.3 Å². The summed E-state index contributed by atoms with van der Waals surface area (Å²) in [6.07, 6.45) is 7.68. The minimum absolute atomic E-state index is 0.0409. The van der Waals surface area contributed by atoms with E-state index in [9.17, 15) is 4.79 Å². The Morgan fingerprint density at radius 1 is 0.889 bits per heavy atom. The van der Waals surface area contributed by atoms with E-state index in [1.165, 1.54) is 38.5 Å². The van der Waals surface area contributed by atoms with Crippen molar-refractivity contribution < 1.29 is 9.53 Å². The average Bonchev–Trinajstić information content (AvgIpc) is 2.66. The van der Waals surface area contributed by atoms with Gasteiger partial charge in [0.15, 0.2) is 0 Å². The van der Waals surface area contributed by atoms with Gasteiger partial charge in [-0.05, 0) is 74.5 Å². The van der Waals surface area contributed by atoms with Gasteiger partial charge >= 0.3 is 0 Å². The first kappa shape index (κ1) is 16.9. The zero-order valence-electron chi connectivity index (χ0n) is 15.7. The number of hydrogen-bond donors (Lipinski definition) is 1. The summed E-state index contributed by atoms with van der Waals surface area (Å²) < 4.78 is 5.90. The molecular formula is C24H27NO2. The second-order valence-corrected chi connectivity index (χ2v) is 8.91. The highest BCUT2D eigenvalue weighted by Crippen LogP contribution is 2.55. The number of carbonyl (C=O) groups is 1. The Morgan fingerprint density at radius 2 is 1.48 bits per heavy atom. The third-order valence-electron chi connectivity index (χ3n) is 6.82. The average molecular weight is 361 g/mol. The van der Waals surface area contributed by atoms with Crippen LogP contribution in [0.25, 0.3) is 0 Å². The molecule has 27 heavy (non-hydrogen) atoms. The molecule has 1 amide bonds. The SMILES string of the molecule is O=C(NC12CC3CC(CC(C3)C1)C2)c1ccccc1COc1ccccc1. The van der Waals surface area contributed by atoms with E-state index in [-0.39, 0.29) is 11.4 Å². The lowest BCUT2D eigenvalue weighted by Gasteiger charge is -2.56. The summed E-state index contributed by atoms with van der Waals surface area (Å²) in [5.41, 5.74) is 1.74. The highest BCUT2D eigenvalue weighted by molar-refractivity contribution is 5.96. The highest BCUT2D eigenvalue weighted by Gasteiger charge is 2.51. The molecule has 4 aliphatic carbocycles. The van der Waals surface area contributed by atoms with E-state index in [2.05, 4.69) is 5.32 Å². The van der Waals surface area contributed by atoms with Gasteiger partial charge in [0.25, 0.3) is 5.91 Å². The van der Waals surface area contributed by atoms with Crippen molar-refractivity contribution in [2.45, 2.75) is 50.7 Å². The molecular weight excluding hydrogens is 334 g/mol. The number of para-hydroxylation sites is 1. The fraction of sp³-hybridized carbons (Fsp3) is 0.458. The Kier molecular flexibility index (Phi) is 4.18. The molecule has 0 saturated heterocycles. The predicted molar refractivity (Wildman–Crippen MR) is 106 cm³/mol. The molecule has 4 bridgehead atoms.